The van der Waals surface area contributed by atoms with Crippen LogP contribution in [0.25, 0.3) is 82.8 Å². The molecule has 0 fully saturated rings. The molecule has 3 heteroatoms. The highest BCUT2D eigenvalue weighted by molar-refractivity contribution is 6.17. The first-order chi connectivity index (χ1) is 28.3. The standard InChI is InChI=1S/C54H36N2O/c1-4-14-37(15-5-1)38-24-26-39(27-25-38)40-28-30-43(31-29-40)55(44-32-33-47-46-20-10-12-22-49(46)56(51(47)36-44)42-18-8-3-9-19-42)50-35-34-45(41-16-6-2-7-17-41)54-53(50)48-21-11-13-23-52(48)57-54/h1-36H. The van der Waals surface area contributed by atoms with Gasteiger partial charge in [-0.2, -0.15) is 0 Å². The molecule has 0 spiro atoms. The summed E-state index contributed by atoms with van der Waals surface area (Å²) >= 11 is 0. The van der Waals surface area contributed by atoms with Crippen molar-refractivity contribution in [1.29, 1.82) is 0 Å². The first-order valence-corrected chi connectivity index (χ1v) is 19.4. The van der Waals surface area contributed by atoms with E-state index in [4.69, 9.17) is 4.42 Å². The highest BCUT2D eigenvalue weighted by Gasteiger charge is 2.23. The molecule has 0 radical (unpaired) electrons. The molecule has 0 N–H and O–H groups in total. The van der Waals surface area contributed by atoms with Gasteiger partial charge in [-0.25, -0.2) is 0 Å². The number of hydrogen-bond acceptors (Lipinski definition) is 2. The highest BCUT2D eigenvalue weighted by Crippen LogP contribution is 2.47. The van der Waals surface area contributed by atoms with Gasteiger partial charge in [-0.05, 0) is 88.5 Å². The summed E-state index contributed by atoms with van der Waals surface area (Å²) in [5, 5.41) is 4.61. The van der Waals surface area contributed by atoms with Gasteiger partial charge in [-0.1, -0.05) is 158 Å². The first-order valence-electron chi connectivity index (χ1n) is 19.4. The van der Waals surface area contributed by atoms with Crippen molar-refractivity contribution in [3.8, 4) is 39.1 Å². The Morgan fingerprint density at radius 3 is 1.60 bits per heavy atom. The SMILES string of the molecule is c1ccc(-c2ccc(-c3ccc(N(c4ccc5c6ccccc6n(-c6ccccc6)c5c4)c4ccc(-c5ccccc5)c5oc6ccccc6c45)cc3)cc2)cc1. The molecule has 0 aliphatic heterocycles. The second kappa shape index (κ2) is 13.6. The number of rotatable bonds is 7. The van der Waals surface area contributed by atoms with Crippen LogP contribution in [0.3, 0.4) is 0 Å². The Balaban J connectivity index is 1.13. The molecule has 11 rings (SSSR count). The summed E-state index contributed by atoms with van der Waals surface area (Å²) in [5.74, 6) is 0. The zero-order valence-corrected chi connectivity index (χ0v) is 31.1. The van der Waals surface area contributed by atoms with Crippen LogP contribution in [0.5, 0.6) is 0 Å². The zero-order chi connectivity index (χ0) is 37.7. The Morgan fingerprint density at radius 1 is 0.368 bits per heavy atom. The van der Waals surface area contributed by atoms with Gasteiger partial charge in [0.2, 0.25) is 0 Å². The summed E-state index contributed by atoms with van der Waals surface area (Å²) in [6.45, 7) is 0. The van der Waals surface area contributed by atoms with Gasteiger partial charge in [0.25, 0.3) is 0 Å². The molecule has 2 heterocycles. The minimum atomic E-state index is 0.867. The summed E-state index contributed by atoms with van der Waals surface area (Å²) < 4.78 is 9.16. The van der Waals surface area contributed by atoms with Gasteiger partial charge < -0.3 is 13.9 Å². The van der Waals surface area contributed by atoms with E-state index in [2.05, 4.69) is 222 Å². The van der Waals surface area contributed by atoms with Gasteiger partial charge in [0.05, 0.1) is 22.1 Å². The Labute approximate surface area is 330 Å². The second-order valence-corrected chi connectivity index (χ2v) is 14.5. The Morgan fingerprint density at radius 2 is 0.895 bits per heavy atom. The van der Waals surface area contributed by atoms with Crippen LogP contribution in [0.2, 0.25) is 0 Å². The van der Waals surface area contributed by atoms with E-state index in [1.54, 1.807) is 0 Å². The van der Waals surface area contributed by atoms with E-state index in [0.717, 1.165) is 66.9 Å². The van der Waals surface area contributed by atoms with E-state index in [0.29, 0.717) is 0 Å². The largest absolute Gasteiger partial charge is 0.455 e. The van der Waals surface area contributed by atoms with Crippen LogP contribution >= 0.6 is 0 Å². The Bertz CT molecular complexity index is 3200. The number of furan rings is 1. The molecule has 268 valence electrons. The Kier molecular flexibility index (Phi) is 7.82. The molecular weight excluding hydrogens is 693 g/mol. The van der Waals surface area contributed by atoms with Crippen LogP contribution in [0.15, 0.2) is 223 Å². The summed E-state index contributed by atoms with van der Waals surface area (Å²) in [4.78, 5) is 2.40. The van der Waals surface area contributed by atoms with Crippen molar-refractivity contribution in [3.05, 3.63) is 218 Å². The number of para-hydroxylation sites is 3. The van der Waals surface area contributed by atoms with Crippen LogP contribution in [0.4, 0.5) is 17.1 Å². The lowest BCUT2D eigenvalue weighted by molar-refractivity contribution is 0.670. The maximum Gasteiger partial charge on any atom is 0.145 e. The number of hydrogen-bond donors (Lipinski definition) is 0. The maximum atomic E-state index is 6.78. The third-order valence-corrected chi connectivity index (χ3v) is 11.2. The summed E-state index contributed by atoms with van der Waals surface area (Å²) in [7, 11) is 0. The smallest absolute Gasteiger partial charge is 0.145 e. The first kappa shape index (κ1) is 32.8. The normalized spacial score (nSPS) is 11.5. The fourth-order valence-corrected chi connectivity index (χ4v) is 8.51. The quantitative estimate of drug-likeness (QED) is 0.163. The second-order valence-electron chi connectivity index (χ2n) is 14.5. The summed E-state index contributed by atoms with van der Waals surface area (Å²) in [6, 6.07) is 78.0. The van der Waals surface area contributed by atoms with E-state index in [1.165, 1.54) is 33.0 Å². The van der Waals surface area contributed by atoms with E-state index in [-0.39, 0.29) is 0 Å². The molecule has 0 amide bonds. The third-order valence-electron chi connectivity index (χ3n) is 11.2. The van der Waals surface area contributed by atoms with E-state index >= 15 is 0 Å². The van der Waals surface area contributed by atoms with Gasteiger partial charge in [0.1, 0.15) is 11.2 Å². The molecule has 0 aliphatic rings. The van der Waals surface area contributed by atoms with Gasteiger partial charge in [0.15, 0.2) is 0 Å². The van der Waals surface area contributed by atoms with Crippen molar-refractivity contribution in [2.75, 3.05) is 4.90 Å². The van der Waals surface area contributed by atoms with Gasteiger partial charge >= 0.3 is 0 Å². The molecule has 0 aliphatic carbocycles. The molecule has 0 saturated heterocycles. The number of nitrogens with zero attached hydrogens (tertiary/aromatic N) is 2. The topological polar surface area (TPSA) is 21.3 Å². The average Bonchev–Trinajstić information content (AvgIpc) is 3.84. The molecule has 2 aromatic heterocycles. The monoisotopic (exact) mass is 728 g/mol. The fourth-order valence-electron chi connectivity index (χ4n) is 8.51. The van der Waals surface area contributed by atoms with Crippen molar-refractivity contribution in [3.63, 3.8) is 0 Å². The van der Waals surface area contributed by atoms with E-state index < -0.39 is 0 Å². The molecule has 11 aromatic rings. The minimum Gasteiger partial charge on any atom is -0.455 e. The molecule has 3 nitrogen and oxygen atoms in total. The lowest BCUT2D eigenvalue weighted by Crippen LogP contribution is -2.10. The van der Waals surface area contributed by atoms with E-state index in [1.807, 2.05) is 6.07 Å². The summed E-state index contributed by atoms with van der Waals surface area (Å²) in [6.07, 6.45) is 0. The highest BCUT2D eigenvalue weighted by atomic mass is 16.3. The lowest BCUT2D eigenvalue weighted by Gasteiger charge is -2.27. The fraction of sp³-hybridized carbons (Fsp3) is 0. The van der Waals surface area contributed by atoms with Gasteiger partial charge in [0, 0.05) is 38.8 Å². The van der Waals surface area contributed by atoms with Crippen molar-refractivity contribution in [2.45, 2.75) is 0 Å². The molecule has 57 heavy (non-hydrogen) atoms. The predicted octanol–water partition coefficient (Wildman–Crippen LogP) is 15.2. The van der Waals surface area contributed by atoms with Crippen LogP contribution in [0, 0.1) is 0 Å². The third kappa shape index (κ3) is 5.60. The number of anilines is 3. The van der Waals surface area contributed by atoms with Gasteiger partial charge in [-0.15, -0.1) is 0 Å². The predicted molar refractivity (Wildman–Crippen MR) is 239 cm³/mol. The number of aromatic nitrogens is 1. The van der Waals surface area contributed by atoms with E-state index in [9.17, 15) is 0 Å². The summed E-state index contributed by atoms with van der Waals surface area (Å²) in [5.41, 5.74) is 15.3. The molecule has 0 saturated carbocycles. The average molecular weight is 729 g/mol. The molecular formula is C54H36N2O. The number of benzene rings is 9. The van der Waals surface area contributed by atoms with Gasteiger partial charge in [-0.3, -0.25) is 0 Å². The van der Waals surface area contributed by atoms with Crippen molar-refractivity contribution in [2.24, 2.45) is 0 Å². The van der Waals surface area contributed by atoms with Crippen LogP contribution in [-0.2, 0) is 0 Å². The Hall–Kier alpha value is -7.62. The minimum absolute atomic E-state index is 0.867. The van der Waals surface area contributed by atoms with Crippen LogP contribution < -0.4 is 4.90 Å². The molecule has 0 bridgehead atoms. The molecule has 0 unspecified atom stereocenters. The lowest BCUT2D eigenvalue weighted by atomic mass is 9.99. The maximum absolute atomic E-state index is 6.78. The molecule has 9 aromatic carbocycles. The van der Waals surface area contributed by atoms with Crippen molar-refractivity contribution in [1.82, 2.24) is 4.57 Å². The number of fused-ring (bicyclic) bond motifs is 6. The van der Waals surface area contributed by atoms with Crippen LogP contribution in [0.1, 0.15) is 0 Å². The zero-order valence-electron chi connectivity index (χ0n) is 31.1. The van der Waals surface area contributed by atoms with Crippen LogP contribution in [-0.4, -0.2) is 4.57 Å². The molecule has 0 atom stereocenters. The van der Waals surface area contributed by atoms with Crippen molar-refractivity contribution >= 4 is 60.8 Å². The van der Waals surface area contributed by atoms with Crippen molar-refractivity contribution < 1.29 is 4.42 Å².